The predicted octanol–water partition coefficient (Wildman–Crippen LogP) is 3.76. The lowest BCUT2D eigenvalue weighted by Gasteiger charge is -2.28. The summed E-state index contributed by atoms with van der Waals surface area (Å²) in [4.78, 5) is 0. The van der Waals surface area contributed by atoms with Crippen LogP contribution in [0.2, 0.25) is 0 Å². The Hall–Kier alpha value is -0.320. The van der Waals surface area contributed by atoms with Gasteiger partial charge in [0.25, 0.3) is 0 Å². The van der Waals surface area contributed by atoms with Gasteiger partial charge in [0.15, 0.2) is 11.6 Å². The van der Waals surface area contributed by atoms with E-state index in [0.717, 1.165) is 0 Å². The van der Waals surface area contributed by atoms with Gasteiger partial charge in [-0.1, -0.05) is 36.7 Å². The molecule has 0 radical (unpaired) electrons. The van der Waals surface area contributed by atoms with E-state index < -0.39 is 11.9 Å². The van der Waals surface area contributed by atoms with Crippen molar-refractivity contribution in [3.8, 4) is 5.75 Å². The number of aromatic hydroxyl groups is 1. The molecule has 0 heterocycles. The van der Waals surface area contributed by atoms with Crippen LogP contribution in [0.3, 0.4) is 0 Å². The van der Waals surface area contributed by atoms with E-state index in [1.54, 1.807) is 6.07 Å². The van der Waals surface area contributed by atoms with E-state index in [0.29, 0.717) is 10.0 Å². The number of hydrogen-bond donors (Lipinski definition) is 2. The van der Waals surface area contributed by atoms with Gasteiger partial charge in [-0.25, -0.2) is 4.39 Å². The smallest absolute Gasteiger partial charge is 0.166 e. The van der Waals surface area contributed by atoms with Crippen molar-refractivity contribution in [3.63, 3.8) is 0 Å². The van der Waals surface area contributed by atoms with Crippen molar-refractivity contribution in [2.45, 2.75) is 26.8 Å². The normalized spacial score (nSPS) is 13.1. The van der Waals surface area contributed by atoms with Gasteiger partial charge in [0, 0.05) is 16.1 Å². The summed E-state index contributed by atoms with van der Waals surface area (Å²) in [6.07, 6.45) is 0. The Morgan fingerprint density at radius 2 is 1.88 bits per heavy atom. The molecule has 0 unspecified atom stereocenters. The first-order chi connectivity index (χ1) is 6.73. The molecule has 0 aromatic heterocycles. The van der Waals surface area contributed by atoms with Gasteiger partial charge < -0.3 is 10.8 Å². The Morgan fingerprint density at radius 3 is 2.31 bits per heavy atom. The molecule has 0 fully saturated rings. The first kappa shape index (κ1) is 15.7. The average Bonchev–Trinajstić information content (AvgIpc) is 2.08. The molecule has 92 valence electrons. The molecule has 0 saturated heterocycles. The van der Waals surface area contributed by atoms with Gasteiger partial charge in [0.05, 0.1) is 0 Å². The van der Waals surface area contributed by atoms with Gasteiger partial charge in [-0.2, -0.15) is 0 Å². The minimum absolute atomic E-state index is 0. The molecule has 1 aromatic rings. The maximum absolute atomic E-state index is 13.3. The van der Waals surface area contributed by atoms with Crippen molar-refractivity contribution >= 4 is 28.3 Å². The molecule has 16 heavy (non-hydrogen) atoms. The van der Waals surface area contributed by atoms with Gasteiger partial charge in [-0.15, -0.1) is 12.4 Å². The standard InChI is InChI=1S/C11H15BrFNO.ClH/c1-11(2,3)10(14)7-4-6(12)5-8(13)9(7)15;/h4-5,10,15H,14H2,1-3H3;1H/t10-;/m1./s1. The maximum Gasteiger partial charge on any atom is 0.166 e. The second-order valence-electron chi connectivity index (χ2n) is 4.67. The van der Waals surface area contributed by atoms with Crippen LogP contribution in [0.15, 0.2) is 16.6 Å². The van der Waals surface area contributed by atoms with Crippen molar-refractivity contribution in [2.24, 2.45) is 11.1 Å². The second kappa shape index (κ2) is 5.34. The summed E-state index contributed by atoms with van der Waals surface area (Å²) < 4.78 is 13.8. The number of phenolic OH excluding ortho intramolecular Hbond substituents is 1. The summed E-state index contributed by atoms with van der Waals surface area (Å²) in [5, 5.41) is 9.58. The van der Waals surface area contributed by atoms with E-state index in [2.05, 4.69) is 15.9 Å². The third-order valence-corrected chi connectivity index (χ3v) is 2.78. The molecule has 0 aliphatic heterocycles. The fourth-order valence-corrected chi connectivity index (χ4v) is 1.74. The van der Waals surface area contributed by atoms with Gasteiger partial charge in [-0.05, 0) is 17.5 Å². The summed E-state index contributed by atoms with van der Waals surface area (Å²) in [6.45, 7) is 5.82. The zero-order valence-corrected chi connectivity index (χ0v) is 11.8. The minimum atomic E-state index is -0.654. The van der Waals surface area contributed by atoms with Crippen LogP contribution in [0.25, 0.3) is 0 Å². The molecule has 5 heteroatoms. The topological polar surface area (TPSA) is 46.2 Å². The molecule has 0 aliphatic carbocycles. The van der Waals surface area contributed by atoms with Crippen LogP contribution in [-0.4, -0.2) is 5.11 Å². The van der Waals surface area contributed by atoms with E-state index in [1.165, 1.54) is 6.07 Å². The minimum Gasteiger partial charge on any atom is -0.505 e. The average molecular weight is 313 g/mol. The number of hydrogen-bond acceptors (Lipinski definition) is 2. The van der Waals surface area contributed by atoms with Crippen LogP contribution in [0.5, 0.6) is 5.75 Å². The van der Waals surface area contributed by atoms with Crippen LogP contribution in [0, 0.1) is 11.2 Å². The maximum atomic E-state index is 13.3. The van der Waals surface area contributed by atoms with E-state index in [-0.39, 0.29) is 23.6 Å². The molecule has 1 atom stereocenters. The molecule has 1 aromatic carbocycles. The second-order valence-corrected chi connectivity index (χ2v) is 5.58. The monoisotopic (exact) mass is 311 g/mol. The Bertz CT molecular complexity index is 379. The Morgan fingerprint density at radius 1 is 1.38 bits per heavy atom. The van der Waals surface area contributed by atoms with E-state index >= 15 is 0 Å². The first-order valence-corrected chi connectivity index (χ1v) is 5.46. The zero-order chi connectivity index (χ0) is 11.8. The highest BCUT2D eigenvalue weighted by molar-refractivity contribution is 9.10. The van der Waals surface area contributed by atoms with Crippen molar-refractivity contribution in [1.29, 1.82) is 0 Å². The van der Waals surface area contributed by atoms with Gasteiger partial charge in [-0.3, -0.25) is 0 Å². The quantitative estimate of drug-likeness (QED) is 0.829. The van der Waals surface area contributed by atoms with Crippen LogP contribution in [0.4, 0.5) is 4.39 Å². The van der Waals surface area contributed by atoms with Gasteiger partial charge in [0.1, 0.15) is 0 Å². The largest absolute Gasteiger partial charge is 0.505 e. The van der Waals surface area contributed by atoms with Crippen LogP contribution < -0.4 is 5.73 Å². The lowest BCUT2D eigenvalue weighted by Crippen LogP contribution is -2.26. The van der Waals surface area contributed by atoms with Crippen LogP contribution in [0.1, 0.15) is 32.4 Å². The molecule has 0 aliphatic rings. The summed E-state index contributed by atoms with van der Waals surface area (Å²) in [6, 6.07) is 2.45. The molecule has 0 saturated carbocycles. The Balaban J connectivity index is 0.00000225. The summed E-state index contributed by atoms with van der Waals surface area (Å²) in [7, 11) is 0. The van der Waals surface area contributed by atoms with E-state index in [1.807, 2.05) is 20.8 Å². The summed E-state index contributed by atoms with van der Waals surface area (Å²) in [5.41, 5.74) is 6.16. The SMILES string of the molecule is CC(C)(C)[C@H](N)c1cc(Br)cc(F)c1O.Cl. The number of nitrogens with two attached hydrogens (primary N) is 1. The molecular weight excluding hydrogens is 296 g/mol. The van der Waals surface area contributed by atoms with Crippen LogP contribution in [-0.2, 0) is 0 Å². The molecule has 0 bridgehead atoms. The molecule has 2 nitrogen and oxygen atoms in total. The Kier molecular flexibility index (Phi) is 5.23. The summed E-state index contributed by atoms with van der Waals surface area (Å²) >= 11 is 3.18. The lowest BCUT2D eigenvalue weighted by molar-refractivity contribution is 0.313. The number of rotatable bonds is 1. The predicted molar refractivity (Wildman–Crippen MR) is 69.4 cm³/mol. The molecular formula is C11H16BrClFNO. The fourth-order valence-electron chi connectivity index (χ4n) is 1.29. The van der Waals surface area contributed by atoms with Crippen molar-refractivity contribution in [1.82, 2.24) is 0 Å². The molecule has 3 N–H and O–H groups in total. The fraction of sp³-hybridized carbons (Fsp3) is 0.455. The van der Waals surface area contributed by atoms with Crippen molar-refractivity contribution in [3.05, 3.63) is 28.0 Å². The van der Waals surface area contributed by atoms with Crippen LogP contribution >= 0.6 is 28.3 Å². The number of halogens is 3. The summed E-state index contributed by atoms with van der Waals surface area (Å²) in [5.74, 6) is -1.01. The van der Waals surface area contributed by atoms with E-state index in [9.17, 15) is 9.50 Å². The first-order valence-electron chi connectivity index (χ1n) is 4.67. The van der Waals surface area contributed by atoms with Gasteiger partial charge in [0.2, 0.25) is 0 Å². The molecule has 1 rings (SSSR count). The van der Waals surface area contributed by atoms with Crippen molar-refractivity contribution < 1.29 is 9.50 Å². The number of benzene rings is 1. The molecule has 0 spiro atoms. The highest BCUT2D eigenvalue weighted by Gasteiger charge is 2.26. The van der Waals surface area contributed by atoms with Gasteiger partial charge >= 0.3 is 0 Å². The zero-order valence-electron chi connectivity index (χ0n) is 9.42. The third-order valence-electron chi connectivity index (χ3n) is 2.33. The third kappa shape index (κ3) is 3.34. The Labute approximate surface area is 110 Å². The number of phenols is 1. The van der Waals surface area contributed by atoms with E-state index in [4.69, 9.17) is 5.73 Å². The highest BCUT2D eigenvalue weighted by atomic mass is 79.9. The lowest BCUT2D eigenvalue weighted by atomic mass is 9.83. The highest BCUT2D eigenvalue weighted by Crippen LogP contribution is 2.37. The van der Waals surface area contributed by atoms with Crippen molar-refractivity contribution in [2.75, 3.05) is 0 Å². The molecule has 0 amide bonds.